The molecule has 0 saturated carbocycles. The van der Waals surface area contributed by atoms with Crippen molar-refractivity contribution in [1.29, 1.82) is 0 Å². The van der Waals surface area contributed by atoms with Crippen LogP contribution in [0, 0.1) is 6.92 Å². The van der Waals surface area contributed by atoms with Gasteiger partial charge in [-0.15, -0.1) is 0 Å². The summed E-state index contributed by atoms with van der Waals surface area (Å²) in [6.45, 7) is 1.77. The number of nitrogens with one attached hydrogen (secondary N) is 1. The smallest absolute Gasteiger partial charge is 0.261 e. The molecule has 4 nitrogen and oxygen atoms in total. The molecular weight excluding hydrogens is 328 g/mol. The minimum atomic E-state index is -3.61. The Morgan fingerprint density at radius 3 is 2.47 bits per heavy atom. The first-order valence-electron chi connectivity index (χ1n) is 5.53. The van der Waals surface area contributed by atoms with E-state index in [1.54, 1.807) is 37.3 Å². The highest BCUT2D eigenvalue weighted by Crippen LogP contribution is 2.25. The predicted octanol–water partition coefficient (Wildman–Crippen LogP) is 3.14. The lowest BCUT2D eigenvalue weighted by molar-refractivity contribution is 0.601. The number of halogens is 1. The van der Waals surface area contributed by atoms with Gasteiger partial charge in [-0.05, 0) is 58.7 Å². The van der Waals surface area contributed by atoms with Gasteiger partial charge in [0.25, 0.3) is 10.0 Å². The molecule has 3 N–H and O–H groups in total. The monoisotopic (exact) mass is 340 g/mol. The largest absolute Gasteiger partial charge is 0.399 e. The normalized spacial score (nSPS) is 11.3. The first kappa shape index (κ1) is 13.9. The molecule has 0 fully saturated rings. The van der Waals surface area contributed by atoms with Crippen LogP contribution in [0.1, 0.15) is 5.56 Å². The molecule has 0 atom stereocenters. The zero-order chi connectivity index (χ0) is 14.0. The van der Waals surface area contributed by atoms with Crippen LogP contribution >= 0.6 is 15.9 Å². The third-order valence-electron chi connectivity index (χ3n) is 2.67. The molecule has 2 aromatic carbocycles. The Hall–Kier alpha value is -1.53. The Kier molecular flexibility index (Phi) is 3.82. The van der Waals surface area contributed by atoms with Crippen molar-refractivity contribution in [3.63, 3.8) is 0 Å². The Balaban J connectivity index is 2.38. The molecule has 0 aromatic heterocycles. The topological polar surface area (TPSA) is 72.2 Å². The van der Waals surface area contributed by atoms with E-state index in [1.165, 1.54) is 6.07 Å². The predicted molar refractivity (Wildman–Crippen MR) is 80.5 cm³/mol. The summed E-state index contributed by atoms with van der Waals surface area (Å²) >= 11 is 3.30. The van der Waals surface area contributed by atoms with Gasteiger partial charge in [0.15, 0.2) is 0 Å². The van der Waals surface area contributed by atoms with Crippen molar-refractivity contribution in [2.24, 2.45) is 0 Å². The molecule has 100 valence electrons. The summed E-state index contributed by atoms with van der Waals surface area (Å²) in [5, 5.41) is 0. The maximum Gasteiger partial charge on any atom is 0.261 e. The van der Waals surface area contributed by atoms with Gasteiger partial charge in [0.05, 0.1) is 10.6 Å². The van der Waals surface area contributed by atoms with Gasteiger partial charge in [0.2, 0.25) is 0 Å². The van der Waals surface area contributed by atoms with Crippen molar-refractivity contribution in [3.05, 3.63) is 52.5 Å². The van der Waals surface area contributed by atoms with Crippen LogP contribution in [-0.2, 0) is 10.0 Å². The van der Waals surface area contributed by atoms with E-state index in [2.05, 4.69) is 20.7 Å². The van der Waals surface area contributed by atoms with E-state index >= 15 is 0 Å². The third-order valence-corrected chi connectivity index (χ3v) is 4.72. The summed E-state index contributed by atoms with van der Waals surface area (Å²) in [5.74, 6) is 0. The van der Waals surface area contributed by atoms with Crippen molar-refractivity contribution in [3.8, 4) is 0 Å². The fourth-order valence-corrected chi connectivity index (χ4v) is 3.24. The van der Waals surface area contributed by atoms with E-state index in [4.69, 9.17) is 5.73 Å². The minimum absolute atomic E-state index is 0.190. The lowest BCUT2D eigenvalue weighted by Gasteiger charge is -2.10. The lowest BCUT2D eigenvalue weighted by Crippen LogP contribution is -2.13. The lowest BCUT2D eigenvalue weighted by atomic mass is 10.2. The first-order valence-corrected chi connectivity index (χ1v) is 7.81. The van der Waals surface area contributed by atoms with Gasteiger partial charge in [-0.1, -0.05) is 12.1 Å². The van der Waals surface area contributed by atoms with Gasteiger partial charge in [0, 0.05) is 10.2 Å². The maximum absolute atomic E-state index is 12.2. The van der Waals surface area contributed by atoms with E-state index in [-0.39, 0.29) is 4.90 Å². The van der Waals surface area contributed by atoms with Crippen LogP contribution in [-0.4, -0.2) is 8.42 Å². The Morgan fingerprint density at radius 1 is 1.16 bits per heavy atom. The van der Waals surface area contributed by atoms with E-state index in [0.29, 0.717) is 15.8 Å². The number of rotatable bonds is 3. The van der Waals surface area contributed by atoms with Crippen LogP contribution in [0.5, 0.6) is 0 Å². The molecule has 0 aliphatic heterocycles. The van der Waals surface area contributed by atoms with E-state index in [0.717, 1.165) is 5.56 Å². The van der Waals surface area contributed by atoms with Crippen molar-refractivity contribution in [2.75, 3.05) is 10.5 Å². The average molecular weight is 341 g/mol. The molecule has 0 spiro atoms. The second kappa shape index (κ2) is 5.22. The molecule has 19 heavy (non-hydrogen) atoms. The van der Waals surface area contributed by atoms with Crippen LogP contribution in [0.3, 0.4) is 0 Å². The zero-order valence-corrected chi connectivity index (χ0v) is 12.6. The molecule has 0 aliphatic carbocycles. The molecule has 0 bridgehead atoms. The van der Waals surface area contributed by atoms with Gasteiger partial charge in [0.1, 0.15) is 0 Å². The summed E-state index contributed by atoms with van der Waals surface area (Å²) in [4.78, 5) is 0.190. The fraction of sp³-hybridized carbons (Fsp3) is 0.0769. The van der Waals surface area contributed by atoms with Gasteiger partial charge in [-0.3, -0.25) is 4.72 Å². The van der Waals surface area contributed by atoms with Crippen molar-refractivity contribution in [1.82, 2.24) is 0 Å². The summed E-state index contributed by atoms with van der Waals surface area (Å²) in [5.41, 5.74) is 7.48. The number of anilines is 2. The van der Waals surface area contributed by atoms with Crippen LogP contribution in [0.15, 0.2) is 51.8 Å². The van der Waals surface area contributed by atoms with Gasteiger partial charge >= 0.3 is 0 Å². The number of hydrogen-bond acceptors (Lipinski definition) is 3. The molecule has 6 heteroatoms. The molecule has 2 aromatic rings. The second-order valence-corrected chi connectivity index (χ2v) is 6.64. The number of nitrogens with two attached hydrogens (primary N) is 1. The van der Waals surface area contributed by atoms with Crippen LogP contribution in [0.25, 0.3) is 0 Å². The van der Waals surface area contributed by atoms with Gasteiger partial charge in [-0.25, -0.2) is 8.42 Å². The Labute approximate surface area is 120 Å². The summed E-state index contributed by atoms with van der Waals surface area (Å²) in [7, 11) is -3.61. The average Bonchev–Trinajstić information content (AvgIpc) is 2.35. The molecule has 0 amide bonds. The number of hydrogen-bond donors (Lipinski definition) is 2. The van der Waals surface area contributed by atoms with E-state index in [9.17, 15) is 8.42 Å². The molecular formula is C13H13BrN2O2S. The molecule has 0 saturated heterocycles. The Bertz CT molecular complexity index is 714. The number of sulfonamides is 1. The quantitative estimate of drug-likeness (QED) is 0.843. The summed E-state index contributed by atoms with van der Waals surface area (Å²) in [6.07, 6.45) is 0. The summed E-state index contributed by atoms with van der Waals surface area (Å²) in [6, 6.07) is 11.7. The molecule has 0 unspecified atom stereocenters. The molecule has 0 heterocycles. The summed E-state index contributed by atoms with van der Waals surface area (Å²) < 4.78 is 27.7. The number of aryl methyl sites for hydroxylation is 1. The Morgan fingerprint density at radius 2 is 1.84 bits per heavy atom. The number of nitrogen functional groups attached to an aromatic ring is 1. The third kappa shape index (κ3) is 3.08. The van der Waals surface area contributed by atoms with Crippen molar-refractivity contribution < 1.29 is 8.42 Å². The number of benzene rings is 2. The van der Waals surface area contributed by atoms with Gasteiger partial charge in [-0.2, -0.15) is 0 Å². The SMILES string of the molecule is Cc1cc(S(=O)(=O)Nc2ccccc2Br)ccc1N. The fourth-order valence-electron chi connectivity index (χ4n) is 1.56. The van der Waals surface area contributed by atoms with E-state index in [1.807, 2.05) is 6.07 Å². The first-order chi connectivity index (χ1) is 8.90. The van der Waals surface area contributed by atoms with Crippen LogP contribution in [0.2, 0.25) is 0 Å². The van der Waals surface area contributed by atoms with Crippen molar-refractivity contribution >= 4 is 37.3 Å². The zero-order valence-electron chi connectivity index (χ0n) is 10.2. The van der Waals surface area contributed by atoms with Crippen LogP contribution in [0.4, 0.5) is 11.4 Å². The highest BCUT2D eigenvalue weighted by molar-refractivity contribution is 9.10. The number of para-hydroxylation sites is 1. The standard InChI is InChI=1S/C13H13BrN2O2S/c1-9-8-10(6-7-12(9)15)19(17,18)16-13-5-3-2-4-11(13)14/h2-8,16H,15H2,1H3. The van der Waals surface area contributed by atoms with Crippen molar-refractivity contribution in [2.45, 2.75) is 11.8 Å². The molecule has 0 aliphatic rings. The highest BCUT2D eigenvalue weighted by atomic mass is 79.9. The van der Waals surface area contributed by atoms with E-state index < -0.39 is 10.0 Å². The molecule has 0 radical (unpaired) electrons. The maximum atomic E-state index is 12.2. The van der Waals surface area contributed by atoms with Gasteiger partial charge < -0.3 is 5.73 Å². The van der Waals surface area contributed by atoms with Crippen LogP contribution < -0.4 is 10.5 Å². The highest BCUT2D eigenvalue weighted by Gasteiger charge is 2.16. The minimum Gasteiger partial charge on any atom is -0.399 e. The molecule has 2 rings (SSSR count). The second-order valence-electron chi connectivity index (χ2n) is 4.10.